The van der Waals surface area contributed by atoms with Crippen LogP contribution >= 0.6 is 0 Å². The maximum absolute atomic E-state index is 8.43. The second kappa shape index (κ2) is 3.34. The van der Waals surface area contributed by atoms with E-state index in [1.807, 2.05) is 12.1 Å². The van der Waals surface area contributed by atoms with E-state index < -0.39 is 0 Å². The number of rotatable bonds is 1. The molecule has 0 aliphatic rings. The van der Waals surface area contributed by atoms with Crippen molar-refractivity contribution in [2.45, 2.75) is 6.54 Å². The molecule has 0 saturated carbocycles. The van der Waals surface area contributed by atoms with Crippen molar-refractivity contribution in [2.75, 3.05) is 0 Å². The van der Waals surface area contributed by atoms with Crippen LogP contribution in [0.2, 0.25) is 0 Å². The summed E-state index contributed by atoms with van der Waals surface area (Å²) >= 11 is 0. The maximum Gasteiger partial charge on any atom is 0.233 e. The molecule has 0 radical (unpaired) electrons. The van der Waals surface area contributed by atoms with E-state index in [0.29, 0.717) is 12.1 Å². The summed E-state index contributed by atoms with van der Waals surface area (Å²) in [5.74, 6) is 0. The van der Waals surface area contributed by atoms with E-state index >= 15 is 0 Å². The van der Waals surface area contributed by atoms with E-state index in [-0.39, 0.29) is 0 Å². The Morgan fingerprint density at radius 2 is 1.91 bits per heavy atom. The Labute approximate surface area is 64.7 Å². The third-order valence-electron chi connectivity index (χ3n) is 1.27. The Hall–Kier alpha value is -1.87. The number of pyridine rings is 1. The van der Waals surface area contributed by atoms with Gasteiger partial charge in [0.25, 0.3) is 0 Å². The number of hydrogen-bond acceptors (Lipinski definition) is 2. The normalized spacial score (nSPS) is 8.18. The van der Waals surface area contributed by atoms with Crippen molar-refractivity contribution in [2.24, 2.45) is 0 Å². The van der Waals surface area contributed by atoms with Crippen LogP contribution in [0.5, 0.6) is 0 Å². The number of hydrogen-bond donors (Lipinski definition) is 0. The highest BCUT2D eigenvalue weighted by atomic mass is 14.9. The molecule has 1 aromatic rings. The van der Waals surface area contributed by atoms with E-state index in [1.54, 1.807) is 29.1 Å². The fraction of sp³-hybridized carbons (Fsp3) is 0.125. The molecule has 0 aromatic carbocycles. The SMILES string of the molecule is N#CC[n+]1ccc(C#N)cc1. The zero-order valence-electron chi connectivity index (χ0n) is 5.86. The fourth-order valence-corrected chi connectivity index (χ4v) is 0.719. The number of aromatic nitrogens is 1. The molecule has 3 heteroatoms. The van der Waals surface area contributed by atoms with Gasteiger partial charge in [-0.15, -0.1) is 0 Å². The van der Waals surface area contributed by atoms with Gasteiger partial charge in [0.05, 0.1) is 11.6 Å². The lowest BCUT2D eigenvalue weighted by Crippen LogP contribution is -2.31. The Bertz CT molecular complexity index is 313. The van der Waals surface area contributed by atoms with Gasteiger partial charge in [-0.25, -0.2) is 0 Å². The third-order valence-corrected chi connectivity index (χ3v) is 1.27. The lowest BCUT2D eigenvalue weighted by Gasteiger charge is -1.86. The molecule has 0 atom stereocenters. The topological polar surface area (TPSA) is 51.5 Å². The first-order chi connectivity index (χ1) is 5.36. The predicted octanol–water partition coefficient (Wildman–Crippen LogP) is 0.369. The van der Waals surface area contributed by atoms with Gasteiger partial charge in [0.15, 0.2) is 12.4 Å². The van der Waals surface area contributed by atoms with Crippen molar-refractivity contribution < 1.29 is 4.57 Å². The molecular weight excluding hydrogens is 138 g/mol. The molecule has 1 aromatic heterocycles. The molecule has 0 bridgehead atoms. The molecule has 0 fully saturated rings. The second-order valence-electron chi connectivity index (χ2n) is 2.03. The largest absolute Gasteiger partial charge is 0.233 e. The monoisotopic (exact) mass is 144 g/mol. The number of nitrogens with zero attached hydrogens (tertiary/aromatic N) is 3. The van der Waals surface area contributed by atoms with Gasteiger partial charge in [-0.3, -0.25) is 0 Å². The van der Waals surface area contributed by atoms with Gasteiger partial charge >= 0.3 is 0 Å². The molecule has 0 spiro atoms. The van der Waals surface area contributed by atoms with Crippen LogP contribution in [0.3, 0.4) is 0 Å². The van der Waals surface area contributed by atoms with Crippen LogP contribution in [0.1, 0.15) is 5.56 Å². The summed E-state index contributed by atoms with van der Waals surface area (Å²) in [7, 11) is 0. The van der Waals surface area contributed by atoms with E-state index in [9.17, 15) is 0 Å². The summed E-state index contributed by atoms with van der Waals surface area (Å²) in [4.78, 5) is 0. The molecule has 0 unspecified atom stereocenters. The van der Waals surface area contributed by atoms with Crippen LogP contribution in [0.25, 0.3) is 0 Å². The molecular formula is C8H6N3+. The standard InChI is InChI=1S/C8H6N3/c9-3-6-11-4-1-8(7-10)2-5-11/h1-2,4-5H,6H2/q+1. The summed E-state index contributed by atoms with van der Waals surface area (Å²) in [5.41, 5.74) is 0.610. The fourth-order valence-electron chi connectivity index (χ4n) is 0.719. The minimum Gasteiger partial charge on any atom is -0.192 e. The van der Waals surface area contributed by atoms with E-state index in [4.69, 9.17) is 10.5 Å². The third kappa shape index (κ3) is 1.77. The van der Waals surface area contributed by atoms with Crippen LogP contribution in [-0.4, -0.2) is 0 Å². The van der Waals surface area contributed by atoms with Gasteiger partial charge in [0.2, 0.25) is 6.54 Å². The van der Waals surface area contributed by atoms with Crippen molar-refractivity contribution in [3.8, 4) is 12.1 Å². The first kappa shape index (κ1) is 7.24. The van der Waals surface area contributed by atoms with E-state index in [2.05, 4.69) is 0 Å². The van der Waals surface area contributed by atoms with Gasteiger partial charge in [0.1, 0.15) is 6.07 Å². The molecule has 0 N–H and O–H groups in total. The Morgan fingerprint density at radius 3 is 2.36 bits per heavy atom. The van der Waals surface area contributed by atoms with Crippen LogP contribution in [0.15, 0.2) is 24.5 Å². The Balaban J connectivity index is 2.87. The highest BCUT2D eigenvalue weighted by Gasteiger charge is 1.96. The lowest BCUT2D eigenvalue weighted by atomic mass is 10.3. The predicted molar refractivity (Wildman–Crippen MR) is 37.0 cm³/mol. The number of nitriles is 2. The molecule has 0 aliphatic heterocycles. The summed E-state index contributed by atoms with van der Waals surface area (Å²) in [6, 6.07) is 7.36. The van der Waals surface area contributed by atoms with Crippen molar-refractivity contribution >= 4 is 0 Å². The van der Waals surface area contributed by atoms with Crippen LogP contribution in [-0.2, 0) is 6.54 Å². The van der Waals surface area contributed by atoms with Gasteiger partial charge in [-0.05, 0) is 0 Å². The van der Waals surface area contributed by atoms with Crippen molar-refractivity contribution in [3.05, 3.63) is 30.1 Å². The van der Waals surface area contributed by atoms with Crippen molar-refractivity contribution in [1.82, 2.24) is 0 Å². The molecule has 1 heterocycles. The average Bonchev–Trinajstić information content (AvgIpc) is 2.07. The van der Waals surface area contributed by atoms with Crippen LogP contribution in [0, 0.1) is 22.7 Å². The highest BCUT2D eigenvalue weighted by molar-refractivity contribution is 5.23. The molecule has 52 valence electrons. The summed E-state index contributed by atoms with van der Waals surface area (Å²) in [6.45, 7) is 0.325. The summed E-state index contributed by atoms with van der Waals surface area (Å²) in [5, 5.41) is 16.7. The van der Waals surface area contributed by atoms with E-state index in [0.717, 1.165) is 0 Å². The molecule has 0 aliphatic carbocycles. The second-order valence-corrected chi connectivity index (χ2v) is 2.03. The van der Waals surface area contributed by atoms with Crippen molar-refractivity contribution in [3.63, 3.8) is 0 Å². The van der Waals surface area contributed by atoms with Gasteiger partial charge in [0, 0.05) is 12.1 Å². The van der Waals surface area contributed by atoms with Crippen molar-refractivity contribution in [1.29, 1.82) is 10.5 Å². The zero-order valence-corrected chi connectivity index (χ0v) is 5.86. The lowest BCUT2D eigenvalue weighted by molar-refractivity contribution is -0.685. The first-order valence-electron chi connectivity index (χ1n) is 3.13. The van der Waals surface area contributed by atoms with E-state index in [1.165, 1.54) is 0 Å². The Kier molecular flexibility index (Phi) is 2.20. The smallest absolute Gasteiger partial charge is 0.192 e. The van der Waals surface area contributed by atoms with Crippen LogP contribution in [0.4, 0.5) is 0 Å². The highest BCUT2D eigenvalue weighted by Crippen LogP contribution is 1.89. The van der Waals surface area contributed by atoms with Crippen LogP contribution < -0.4 is 4.57 Å². The summed E-state index contributed by atoms with van der Waals surface area (Å²) < 4.78 is 1.71. The maximum atomic E-state index is 8.43. The van der Waals surface area contributed by atoms with Gasteiger partial charge in [-0.1, -0.05) is 0 Å². The first-order valence-corrected chi connectivity index (χ1v) is 3.13. The zero-order chi connectivity index (χ0) is 8.10. The minimum absolute atomic E-state index is 0.325. The minimum atomic E-state index is 0.325. The molecule has 3 nitrogen and oxygen atoms in total. The quantitative estimate of drug-likeness (QED) is 0.534. The van der Waals surface area contributed by atoms with Gasteiger partial charge in [-0.2, -0.15) is 15.1 Å². The Morgan fingerprint density at radius 1 is 1.27 bits per heavy atom. The molecule has 11 heavy (non-hydrogen) atoms. The molecule has 0 saturated heterocycles. The van der Waals surface area contributed by atoms with Gasteiger partial charge < -0.3 is 0 Å². The molecule has 1 rings (SSSR count). The summed E-state index contributed by atoms with van der Waals surface area (Å²) in [6.07, 6.45) is 3.42. The molecule has 0 amide bonds. The average molecular weight is 144 g/mol.